The molecule has 2 aromatic carbocycles. The van der Waals surface area contributed by atoms with Crippen LogP contribution < -0.4 is 10.6 Å². The Hall–Kier alpha value is -3.38. The zero-order chi connectivity index (χ0) is 19.9. The Morgan fingerprint density at radius 2 is 1.79 bits per heavy atom. The third kappa shape index (κ3) is 5.08. The first-order valence-corrected chi connectivity index (χ1v) is 9.00. The highest BCUT2D eigenvalue weighted by atomic mass is 35.5. The van der Waals surface area contributed by atoms with Crippen LogP contribution in [0.2, 0.25) is 5.02 Å². The number of carbonyl (C=O) groups excluding carboxylic acids is 2. The molecule has 2 N–H and O–H groups in total. The Morgan fingerprint density at radius 1 is 1.00 bits per heavy atom. The number of hydrogen-bond acceptors (Lipinski definition) is 5. The molecule has 1 heterocycles. The molecule has 7 heteroatoms. The van der Waals surface area contributed by atoms with Gasteiger partial charge in [0.05, 0.1) is 12.2 Å². The van der Waals surface area contributed by atoms with E-state index in [1.54, 1.807) is 73.8 Å². The summed E-state index contributed by atoms with van der Waals surface area (Å²) in [7, 11) is 0. The molecule has 142 valence electrons. The standard InChI is InChI=1S/C21H18ClN3O3/c1-2-28-21(27)14-6-8-17(9-7-14)24-19-12-15(10-11-23-19)20(26)25-18-5-3-4-16(22)13-18/h3-13H,2H2,1H3,(H,23,24)(H,25,26). The second-order valence-electron chi connectivity index (χ2n) is 5.82. The van der Waals surface area contributed by atoms with Crippen molar-refractivity contribution < 1.29 is 14.3 Å². The van der Waals surface area contributed by atoms with E-state index < -0.39 is 0 Å². The summed E-state index contributed by atoms with van der Waals surface area (Å²) in [5, 5.41) is 6.44. The van der Waals surface area contributed by atoms with E-state index >= 15 is 0 Å². The Labute approximate surface area is 167 Å². The first-order valence-electron chi connectivity index (χ1n) is 8.62. The zero-order valence-electron chi connectivity index (χ0n) is 15.1. The van der Waals surface area contributed by atoms with Crippen molar-refractivity contribution in [2.75, 3.05) is 17.2 Å². The van der Waals surface area contributed by atoms with Crippen LogP contribution in [-0.2, 0) is 4.74 Å². The van der Waals surface area contributed by atoms with Crippen molar-refractivity contribution in [3.8, 4) is 0 Å². The minimum atomic E-state index is -0.369. The maximum atomic E-state index is 12.5. The lowest BCUT2D eigenvalue weighted by Gasteiger charge is -2.09. The molecule has 0 unspecified atom stereocenters. The molecule has 0 atom stereocenters. The van der Waals surface area contributed by atoms with Gasteiger partial charge in [0.2, 0.25) is 0 Å². The van der Waals surface area contributed by atoms with Gasteiger partial charge in [-0.3, -0.25) is 4.79 Å². The van der Waals surface area contributed by atoms with Crippen molar-refractivity contribution in [2.45, 2.75) is 6.92 Å². The molecule has 0 radical (unpaired) electrons. The number of carbonyl (C=O) groups is 2. The summed E-state index contributed by atoms with van der Waals surface area (Å²) in [6, 6.07) is 17.0. The molecule has 0 aliphatic rings. The van der Waals surface area contributed by atoms with Crippen LogP contribution in [0.4, 0.5) is 17.2 Å². The molecular weight excluding hydrogens is 378 g/mol. The average molecular weight is 396 g/mol. The lowest BCUT2D eigenvalue weighted by atomic mass is 10.2. The van der Waals surface area contributed by atoms with Gasteiger partial charge in [0.15, 0.2) is 0 Å². The fourth-order valence-electron chi connectivity index (χ4n) is 2.46. The van der Waals surface area contributed by atoms with E-state index in [-0.39, 0.29) is 11.9 Å². The average Bonchev–Trinajstić information content (AvgIpc) is 2.69. The molecule has 0 aliphatic heterocycles. The predicted molar refractivity (Wildman–Crippen MR) is 109 cm³/mol. The van der Waals surface area contributed by atoms with Crippen LogP contribution in [0.25, 0.3) is 0 Å². The maximum absolute atomic E-state index is 12.5. The quantitative estimate of drug-likeness (QED) is 0.580. The second-order valence-corrected chi connectivity index (χ2v) is 6.25. The molecule has 1 aromatic heterocycles. The number of nitrogens with one attached hydrogen (secondary N) is 2. The monoisotopic (exact) mass is 395 g/mol. The fourth-order valence-corrected chi connectivity index (χ4v) is 2.65. The van der Waals surface area contributed by atoms with Gasteiger partial charge in [-0.1, -0.05) is 17.7 Å². The number of halogens is 1. The predicted octanol–water partition coefficient (Wildman–Crippen LogP) is 4.91. The van der Waals surface area contributed by atoms with Gasteiger partial charge in [0.1, 0.15) is 5.82 Å². The minimum absolute atomic E-state index is 0.273. The zero-order valence-corrected chi connectivity index (χ0v) is 15.9. The number of hydrogen-bond donors (Lipinski definition) is 2. The smallest absolute Gasteiger partial charge is 0.338 e. The maximum Gasteiger partial charge on any atom is 0.338 e. The number of anilines is 3. The van der Waals surface area contributed by atoms with Crippen LogP contribution in [-0.4, -0.2) is 23.5 Å². The SMILES string of the molecule is CCOC(=O)c1ccc(Nc2cc(C(=O)Nc3cccc(Cl)c3)ccn2)cc1. The summed E-state index contributed by atoms with van der Waals surface area (Å²) in [6.07, 6.45) is 1.54. The Balaban J connectivity index is 1.69. The van der Waals surface area contributed by atoms with Crippen molar-refractivity contribution in [2.24, 2.45) is 0 Å². The van der Waals surface area contributed by atoms with Crippen LogP contribution in [0, 0.1) is 0 Å². The lowest BCUT2D eigenvalue weighted by molar-refractivity contribution is 0.0526. The van der Waals surface area contributed by atoms with Crippen LogP contribution in [0.15, 0.2) is 66.9 Å². The molecular formula is C21H18ClN3O3. The summed E-state index contributed by atoms with van der Waals surface area (Å²) in [5.74, 6) is -0.139. The van der Waals surface area contributed by atoms with Gasteiger partial charge in [-0.05, 0) is 61.5 Å². The van der Waals surface area contributed by atoms with Gasteiger partial charge in [-0.25, -0.2) is 9.78 Å². The van der Waals surface area contributed by atoms with E-state index in [4.69, 9.17) is 16.3 Å². The molecule has 0 aliphatic carbocycles. The number of rotatable bonds is 6. The topological polar surface area (TPSA) is 80.3 Å². The molecule has 0 spiro atoms. The highest BCUT2D eigenvalue weighted by molar-refractivity contribution is 6.31. The van der Waals surface area contributed by atoms with Gasteiger partial charge in [0.25, 0.3) is 5.91 Å². The molecule has 0 fully saturated rings. The van der Waals surface area contributed by atoms with Crippen molar-refractivity contribution in [1.29, 1.82) is 0 Å². The molecule has 28 heavy (non-hydrogen) atoms. The van der Waals surface area contributed by atoms with E-state index in [2.05, 4.69) is 15.6 Å². The summed E-state index contributed by atoms with van der Waals surface area (Å²) in [4.78, 5) is 28.4. The molecule has 1 amide bonds. The molecule has 0 saturated heterocycles. The van der Waals surface area contributed by atoms with E-state index in [0.717, 1.165) is 5.69 Å². The Bertz CT molecular complexity index is 990. The van der Waals surface area contributed by atoms with Crippen molar-refractivity contribution in [3.63, 3.8) is 0 Å². The lowest BCUT2D eigenvalue weighted by Crippen LogP contribution is -2.12. The van der Waals surface area contributed by atoms with Crippen molar-refractivity contribution in [1.82, 2.24) is 4.98 Å². The minimum Gasteiger partial charge on any atom is -0.462 e. The summed E-state index contributed by atoms with van der Waals surface area (Å²) in [5.41, 5.74) is 2.25. The fraction of sp³-hybridized carbons (Fsp3) is 0.0952. The second kappa shape index (κ2) is 9.01. The van der Waals surface area contributed by atoms with E-state index in [0.29, 0.717) is 34.3 Å². The third-order valence-electron chi connectivity index (χ3n) is 3.77. The first-order chi connectivity index (χ1) is 13.5. The number of nitrogens with zero attached hydrogens (tertiary/aromatic N) is 1. The molecule has 6 nitrogen and oxygen atoms in total. The van der Waals surface area contributed by atoms with Gasteiger partial charge in [-0.15, -0.1) is 0 Å². The molecule has 0 saturated carbocycles. The Kier molecular flexibility index (Phi) is 6.24. The van der Waals surface area contributed by atoms with E-state index in [1.165, 1.54) is 0 Å². The van der Waals surface area contributed by atoms with Crippen molar-refractivity contribution in [3.05, 3.63) is 83.0 Å². The largest absolute Gasteiger partial charge is 0.462 e. The normalized spacial score (nSPS) is 10.2. The molecule has 0 bridgehead atoms. The van der Waals surface area contributed by atoms with Gasteiger partial charge in [0, 0.05) is 28.2 Å². The van der Waals surface area contributed by atoms with Gasteiger partial charge >= 0.3 is 5.97 Å². The number of pyridine rings is 1. The first kappa shape index (κ1) is 19.4. The Morgan fingerprint density at radius 3 is 2.50 bits per heavy atom. The van der Waals surface area contributed by atoms with E-state index in [9.17, 15) is 9.59 Å². The van der Waals surface area contributed by atoms with Crippen molar-refractivity contribution >= 4 is 40.7 Å². The number of aromatic nitrogens is 1. The number of ether oxygens (including phenoxy) is 1. The van der Waals surface area contributed by atoms with Gasteiger partial charge < -0.3 is 15.4 Å². The van der Waals surface area contributed by atoms with E-state index in [1.807, 2.05) is 0 Å². The highest BCUT2D eigenvalue weighted by Crippen LogP contribution is 2.19. The number of amides is 1. The highest BCUT2D eigenvalue weighted by Gasteiger charge is 2.09. The third-order valence-corrected chi connectivity index (χ3v) is 4.01. The number of esters is 1. The number of benzene rings is 2. The van der Waals surface area contributed by atoms with Crippen LogP contribution in [0.1, 0.15) is 27.6 Å². The molecule has 3 rings (SSSR count). The summed E-state index contributed by atoms with van der Waals surface area (Å²) >= 11 is 5.94. The summed E-state index contributed by atoms with van der Waals surface area (Å²) < 4.78 is 4.96. The van der Waals surface area contributed by atoms with Crippen LogP contribution >= 0.6 is 11.6 Å². The molecule has 3 aromatic rings. The van der Waals surface area contributed by atoms with Crippen LogP contribution in [0.5, 0.6) is 0 Å². The van der Waals surface area contributed by atoms with Crippen LogP contribution in [0.3, 0.4) is 0 Å². The summed E-state index contributed by atoms with van der Waals surface area (Å²) in [6.45, 7) is 2.09. The van der Waals surface area contributed by atoms with Gasteiger partial charge in [-0.2, -0.15) is 0 Å².